The van der Waals surface area contributed by atoms with Crippen molar-refractivity contribution in [2.45, 2.75) is 18.8 Å². The highest BCUT2D eigenvalue weighted by Crippen LogP contribution is 2.32. The molecule has 2 aliphatic heterocycles. The number of morpholine rings is 1. The number of rotatable bonds is 5. The van der Waals surface area contributed by atoms with E-state index in [1.165, 1.54) is 11.3 Å². The van der Waals surface area contributed by atoms with E-state index in [-0.39, 0.29) is 17.7 Å². The Bertz CT molecular complexity index is 1190. The molecule has 1 aromatic carbocycles. The summed E-state index contributed by atoms with van der Waals surface area (Å²) in [7, 11) is 1.60. The molecule has 0 atom stereocenters. The number of methoxy groups -OCH3 is 1. The standard InChI is InChI=1S/C24H27N5O4S/c1-32-21-14-19(25-18-5-3-2-4-17(18)21)24(31)28-8-6-16(7-9-28)23-26-20(15-34-23)22(30)27-29-10-12-33-13-11-29/h2-5,14-16H,6-13H2,1H3,(H,27,30). The maximum Gasteiger partial charge on any atom is 0.285 e. The Labute approximate surface area is 201 Å². The molecule has 34 heavy (non-hydrogen) atoms. The first kappa shape index (κ1) is 22.7. The fraction of sp³-hybridized carbons (Fsp3) is 0.417. The first-order chi connectivity index (χ1) is 16.6. The van der Waals surface area contributed by atoms with E-state index in [2.05, 4.69) is 15.4 Å². The molecule has 4 heterocycles. The van der Waals surface area contributed by atoms with Gasteiger partial charge in [-0.1, -0.05) is 12.1 Å². The fourth-order valence-electron chi connectivity index (χ4n) is 4.37. The number of aromatic nitrogens is 2. The summed E-state index contributed by atoms with van der Waals surface area (Å²) in [4.78, 5) is 36.7. The Morgan fingerprint density at radius 1 is 1.09 bits per heavy atom. The highest BCUT2D eigenvalue weighted by molar-refractivity contribution is 7.09. The van der Waals surface area contributed by atoms with Crippen LogP contribution in [0.15, 0.2) is 35.7 Å². The van der Waals surface area contributed by atoms with Crippen LogP contribution in [0.3, 0.4) is 0 Å². The molecule has 2 amide bonds. The van der Waals surface area contributed by atoms with Gasteiger partial charge in [0.2, 0.25) is 0 Å². The molecule has 3 aromatic rings. The van der Waals surface area contributed by atoms with Crippen LogP contribution in [0, 0.1) is 0 Å². The van der Waals surface area contributed by atoms with Gasteiger partial charge >= 0.3 is 0 Å². The van der Waals surface area contributed by atoms with Crippen LogP contribution in [0.1, 0.15) is 44.7 Å². The smallest absolute Gasteiger partial charge is 0.285 e. The van der Waals surface area contributed by atoms with Gasteiger partial charge in [0.25, 0.3) is 11.8 Å². The first-order valence-corrected chi connectivity index (χ1v) is 12.3. The summed E-state index contributed by atoms with van der Waals surface area (Å²) in [5, 5.41) is 5.51. The number of nitrogens with zero attached hydrogens (tertiary/aromatic N) is 4. The Hall–Kier alpha value is -3.08. The lowest BCUT2D eigenvalue weighted by Crippen LogP contribution is -2.48. The van der Waals surface area contributed by atoms with Crippen LogP contribution in [0.4, 0.5) is 0 Å². The second kappa shape index (κ2) is 10.0. The minimum Gasteiger partial charge on any atom is -0.496 e. The fourth-order valence-corrected chi connectivity index (χ4v) is 5.34. The van der Waals surface area contributed by atoms with E-state index in [0.29, 0.717) is 56.5 Å². The van der Waals surface area contributed by atoms with E-state index in [9.17, 15) is 9.59 Å². The van der Waals surface area contributed by atoms with Crippen molar-refractivity contribution in [2.24, 2.45) is 0 Å². The average molecular weight is 482 g/mol. The molecular formula is C24H27N5O4S. The zero-order chi connectivity index (χ0) is 23.5. The van der Waals surface area contributed by atoms with Crippen molar-refractivity contribution in [1.29, 1.82) is 0 Å². The van der Waals surface area contributed by atoms with Crippen molar-refractivity contribution < 1.29 is 19.1 Å². The Kier molecular flexibility index (Phi) is 6.70. The van der Waals surface area contributed by atoms with Gasteiger partial charge in [-0.3, -0.25) is 15.0 Å². The van der Waals surface area contributed by atoms with Crippen LogP contribution < -0.4 is 10.2 Å². The number of nitrogens with one attached hydrogen (secondary N) is 1. The maximum absolute atomic E-state index is 13.2. The number of para-hydroxylation sites is 1. The van der Waals surface area contributed by atoms with E-state index in [1.807, 2.05) is 39.6 Å². The Morgan fingerprint density at radius 2 is 1.85 bits per heavy atom. The molecule has 0 bridgehead atoms. The number of hydrazine groups is 1. The number of amides is 2. The quantitative estimate of drug-likeness (QED) is 0.598. The van der Waals surface area contributed by atoms with Gasteiger partial charge in [-0.25, -0.2) is 15.0 Å². The van der Waals surface area contributed by atoms with Crippen LogP contribution >= 0.6 is 11.3 Å². The minimum absolute atomic E-state index is 0.0905. The first-order valence-electron chi connectivity index (χ1n) is 11.4. The summed E-state index contributed by atoms with van der Waals surface area (Å²) in [6, 6.07) is 9.37. The van der Waals surface area contributed by atoms with Gasteiger partial charge < -0.3 is 14.4 Å². The van der Waals surface area contributed by atoms with Crippen molar-refractivity contribution >= 4 is 34.1 Å². The maximum atomic E-state index is 13.2. The van der Waals surface area contributed by atoms with E-state index in [4.69, 9.17) is 9.47 Å². The molecule has 10 heteroatoms. The van der Waals surface area contributed by atoms with Crippen LogP contribution in [0.2, 0.25) is 0 Å². The highest BCUT2D eigenvalue weighted by Gasteiger charge is 2.28. The number of fused-ring (bicyclic) bond motifs is 1. The van der Waals surface area contributed by atoms with Crippen molar-refractivity contribution in [3.05, 3.63) is 52.1 Å². The van der Waals surface area contributed by atoms with Gasteiger partial charge in [-0.05, 0) is 25.0 Å². The molecule has 2 aromatic heterocycles. The number of benzene rings is 1. The van der Waals surface area contributed by atoms with Gasteiger partial charge in [0, 0.05) is 48.9 Å². The second-order valence-corrected chi connectivity index (χ2v) is 9.29. The van der Waals surface area contributed by atoms with Crippen molar-refractivity contribution in [2.75, 3.05) is 46.5 Å². The Balaban J connectivity index is 1.21. The largest absolute Gasteiger partial charge is 0.496 e. The number of hydrogen-bond donors (Lipinski definition) is 1. The van der Waals surface area contributed by atoms with Gasteiger partial charge in [0.15, 0.2) is 0 Å². The molecule has 0 radical (unpaired) electrons. The van der Waals surface area contributed by atoms with Crippen molar-refractivity contribution in [1.82, 2.24) is 25.3 Å². The molecule has 2 saturated heterocycles. The van der Waals surface area contributed by atoms with E-state index in [1.54, 1.807) is 13.2 Å². The number of carbonyl (C=O) groups is 2. The van der Waals surface area contributed by atoms with Gasteiger partial charge in [0.1, 0.15) is 17.1 Å². The molecule has 5 rings (SSSR count). The number of carbonyl (C=O) groups excluding carboxylic acids is 2. The van der Waals surface area contributed by atoms with Crippen LogP contribution in [-0.4, -0.2) is 78.2 Å². The Morgan fingerprint density at radius 3 is 2.62 bits per heavy atom. The molecule has 1 N–H and O–H groups in total. The molecule has 0 saturated carbocycles. The molecule has 0 unspecified atom stereocenters. The monoisotopic (exact) mass is 481 g/mol. The summed E-state index contributed by atoms with van der Waals surface area (Å²) in [5.41, 5.74) is 4.48. The van der Waals surface area contributed by atoms with E-state index < -0.39 is 0 Å². The lowest BCUT2D eigenvalue weighted by molar-refractivity contribution is 0.0125. The van der Waals surface area contributed by atoms with Gasteiger partial charge in [-0.15, -0.1) is 11.3 Å². The van der Waals surface area contributed by atoms with E-state index >= 15 is 0 Å². The molecule has 178 valence electrons. The van der Waals surface area contributed by atoms with Crippen LogP contribution in [0.25, 0.3) is 10.9 Å². The molecule has 0 spiro atoms. The SMILES string of the molecule is COc1cc(C(=O)N2CCC(c3nc(C(=O)NN4CCOCC4)cs3)CC2)nc2ccccc12. The van der Waals surface area contributed by atoms with Crippen molar-refractivity contribution in [3.63, 3.8) is 0 Å². The third kappa shape index (κ3) is 4.75. The third-order valence-electron chi connectivity index (χ3n) is 6.27. The zero-order valence-electron chi connectivity index (χ0n) is 19.0. The number of likely N-dealkylation sites (tertiary alicyclic amines) is 1. The molecular weight excluding hydrogens is 454 g/mol. The minimum atomic E-state index is -0.187. The van der Waals surface area contributed by atoms with Crippen LogP contribution in [0.5, 0.6) is 5.75 Å². The number of thiazole rings is 1. The summed E-state index contributed by atoms with van der Waals surface area (Å²) in [6.07, 6.45) is 1.60. The van der Waals surface area contributed by atoms with Gasteiger partial charge in [-0.2, -0.15) is 0 Å². The number of pyridine rings is 1. The summed E-state index contributed by atoms with van der Waals surface area (Å²) in [6.45, 7) is 3.81. The molecule has 9 nitrogen and oxygen atoms in total. The summed E-state index contributed by atoms with van der Waals surface area (Å²) >= 11 is 1.51. The molecule has 0 aliphatic carbocycles. The average Bonchev–Trinajstić information content (AvgIpc) is 3.39. The predicted octanol–water partition coefficient (Wildman–Crippen LogP) is 2.70. The van der Waals surface area contributed by atoms with Crippen molar-refractivity contribution in [3.8, 4) is 5.75 Å². The topological polar surface area (TPSA) is 96.9 Å². The summed E-state index contributed by atoms with van der Waals surface area (Å²) in [5.74, 6) is 0.605. The predicted molar refractivity (Wildman–Crippen MR) is 128 cm³/mol. The number of hydrogen-bond acceptors (Lipinski definition) is 8. The highest BCUT2D eigenvalue weighted by atomic mass is 32.1. The third-order valence-corrected chi connectivity index (χ3v) is 7.28. The second-order valence-electron chi connectivity index (χ2n) is 8.40. The van der Waals surface area contributed by atoms with E-state index in [0.717, 1.165) is 28.8 Å². The zero-order valence-corrected chi connectivity index (χ0v) is 19.8. The number of ether oxygens (including phenoxy) is 2. The van der Waals surface area contributed by atoms with Gasteiger partial charge in [0.05, 0.1) is 30.8 Å². The normalized spacial score (nSPS) is 17.6. The number of piperidine rings is 1. The molecule has 2 aliphatic rings. The molecule has 2 fully saturated rings. The summed E-state index contributed by atoms with van der Waals surface area (Å²) < 4.78 is 10.8. The lowest BCUT2D eigenvalue weighted by Gasteiger charge is -2.31. The lowest BCUT2D eigenvalue weighted by atomic mass is 9.97. The van der Waals surface area contributed by atoms with Crippen LogP contribution in [-0.2, 0) is 4.74 Å².